The Morgan fingerprint density at radius 3 is 2.71 bits per heavy atom. The highest BCUT2D eigenvalue weighted by molar-refractivity contribution is 6.29. The number of aromatic nitrogens is 4. The van der Waals surface area contributed by atoms with Gasteiger partial charge in [0.05, 0.1) is 28.8 Å². The first-order chi connectivity index (χ1) is 14.6. The highest BCUT2D eigenvalue weighted by Crippen LogP contribution is 2.38. The molecule has 8 nitrogen and oxygen atoms in total. The Bertz CT molecular complexity index is 1120. The second-order valence-corrected chi connectivity index (χ2v) is 7.04. The predicted octanol–water partition coefficient (Wildman–Crippen LogP) is 3.55. The summed E-state index contributed by atoms with van der Waals surface area (Å²) >= 11 is 5.77. The number of nitrogens with one attached hydrogen (secondary N) is 1. The Kier molecular flexibility index (Phi) is 6.46. The topological polar surface area (TPSA) is 119 Å². The molecule has 0 bridgehead atoms. The van der Waals surface area contributed by atoms with Gasteiger partial charge in [-0.25, -0.2) is 9.97 Å². The molecule has 3 aromatic heterocycles. The van der Waals surface area contributed by atoms with Gasteiger partial charge in [-0.15, -0.1) is 0 Å². The number of primary amides is 1. The molecule has 4 N–H and O–H groups in total. The number of nitrogens with two attached hydrogens (primary N) is 1. The van der Waals surface area contributed by atoms with Crippen LogP contribution in [0.5, 0.6) is 0 Å². The minimum atomic E-state index is -4.70. The van der Waals surface area contributed by atoms with Gasteiger partial charge in [0.15, 0.2) is 5.69 Å². The summed E-state index contributed by atoms with van der Waals surface area (Å²) in [6.45, 7) is 2.10. The molecule has 0 aliphatic rings. The predicted molar refractivity (Wildman–Crippen MR) is 108 cm³/mol. The molecule has 0 aliphatic carbocycles. The number of halogens is 4. The fraction of sp³-hybridized carbons (Fsp3) is 0.263. The molecule has 3 aromatic rings. The molecule has 0 spiro atoms. The van der Waals surface area contributed by atoms with Gasteiger partial charge in [0.25, 0.3) is 5.91 Å². The van der Waals surface area contributed by atoms with Crippen LogP contribution in [0.1, 0.15) is 28.0 Å². The molecule has 0 saturated heterocycles. The van der Waals surface area contributed by atoms with Crippen LogP contribution < -0.4 is 11.1 Å². The Morgan fingerprint density at radius 1 is 1.32 bits per heavy atom. The van der Waals surface area contributed by atoms with E-state index in [2.05, 4.69) is 20.4 Å². The Morgan fingerprint density at radius 2 is 2.06 bits per heavy atom. The first kappa shape index (κ1) is 22.5. The number of hydrogen-bond donors (Lipinski definition) is 3. The number of carbonyl (C=O) groups excluding carboxylic acids is 1. The van der Waals surface area contributed by atoms with Crippen molar-refractivity contribution in [1.29, 1.82) is 0 Å². The Labute approximate surface area is 179 Å². The summed E-state index contributed by atoms with van der Waals surface area (Å²) in [7, 11) is 0. The van der Waals surface area contributed by atoms with E-state index in [4.69, 9.17) is 22.4 Å². The van der Waals surface area contributed by atoms with E-state index in [1.165, 1.54) is 6.20 Å². The van der Waals surface area contributed by atoms with E-state index in [0.717, 1.165) is 6.07 Å². The quantitative estimate of drug-likeness (QED) is 0.470. The Hall–Kier alpha value is -3.18. The zero-order valence-corrected chi connectivity index (χ0v) is 17.0. The number of aliphatic hydroxyl groups excluding tert-OH is 1. The second kappa shape index (κ2) is 8.90. The lowest BCUT2D eigenvalue weighted by molar-refractivity contribution is -0.137. The zero-order valence-electron chi connectivity index (χ0n) is 16.2. The van der Waals surface area contributed by atoms with Crippen molar-refractivity contribution >= 4 is 28.9 Å². The van der Waals surface area contributed by atoms with E-state index in [0.29, 0.717) is 36.0 Å². The van der Waals surface area contributed by atoms with Crippen molar-refractivity contribution in [1.82, 2.24) is 19.7 Å². The number of pyridine rings is 2. The molecule has 3 heterocycles. The molecule has 31 heavy (non-hydrogen) atoms. The molecular formula is C19H18ClF3N6O2. The van der Waals surface area contributed by atoms with Gasteiger partial charge in [0.2, 0.25) is 0 Å². The van der Waals surface area contributed by atoms with Crippen LogP contribution in [0.4, 0.5) is 24.5 Å². The monoisotopic (exact) mass is 454 g/mol. The van der Waals surface area contributed by atoms with E-state index in [1.807, 2.05) is 0 Å². The minimum absolute atomic E-state index is 0.0116. The molecule has 164 valence electrons. The fourth-order valence-corrected chi connectivity index (χ4v) is 3.06. The van der Waals surface area contributed by atoms with Gasteiger partial charge in [-0.2, -0.15) is 18.3 Å². The van der Waals surface area contributed by atoms with Crippen LogP contribution in [0.15, 0.2) is 30.7 Å². The van der Waals surface area contributed by atoms with Crippen LogP contribution in [0.2, 0.25) is 5.15 Å². The molecule has 1 amide bonds. The number of rotatable bonds is 7. The van der Waals surface area contributed by atoms with E-state index in [-0.39, 0.29) is 28.8 Å². The SMILES string of the molecule is Cc1cc(-c2cnn(CCCO)c2)nc(C(N)=O)c1Nc1cc(Cl)ncc1C(F)(F)F. The lowest BCUT2D eigenvalue weighted by Crippen LogP contribution is -2.18. The van der Waals surface area contributed by atoms with Crippen molar-refractivity contribution < 1.29 is 23.1 Å². The van der Waals surface area contributed by atoms with Gasteiger partial charge in [-0.3, -0.25) is 9.48 Å². The first-order valence-corrected chi connectivity index (χ1v) is 9.43. The van der Waals surface area contributed by atoms with Crippen molar-refractivity contribution in [2.45, 2.75) is 26.1 Å². The second-order valence-electron chi connectivity index (χ2n) is 6.66. The summed E-state index contributed by atoms with van der Waals surface area (Å²) in [4.78, 5) is 19.8. The van der Waals surface area contributed by atoms with E-state index in [9.17, 15) is 18.0 Å². The summed E-state index contributed by atoms with van der Waals surface area (Å²) in [6, 6.07) is 2.60. The van der Waals surface area contributed by atoms with Gasteiger partial charge in [-0.05, 0) is 31.0 Å². The molecule has 0 atom stereocenters. The van der Waals surface area contributed by atoms with Crippen LogP contribution >= 0.6 is 11.6 Å². The number of hydrogen-bond acceptors (Lipinski definition) is 6. The molecule has 0 fully saturated rings. The zero-order chi connectivity index (χ0) is 22.8. The standard InChI is InChI=1S/C19H18ClF3N6O2/c1-10-5-13(11-7-26-29(9-11)3-2-4-30)27-17(18(24)31)16(10)28-14-6-15(20)25-8-12(14)19(21,22)23/h5-9,30H,2-4H2,1H3,(H2,24,31)(H,25,28). The van der Waals surface area contributed by atoms with Gasteiger partial charge in [0, 0.05) is 31.1 Å². The van der Waals surface area contributed by atoms with Crippen molar-refractivity contribution in [3.05, 3.63) is 52.7 Å². The number of aryl methyl sites for hydroxylation is 2. The van der Waals surface area contributed by atoms with Gasteiger partial charge in [0.1, 0.15) is 5.15 Å². The third-order valence-electron chi connectivity index (χ3n) is 4.36. The molecule has 0 unspecified atom stereocenters. The minimum Gasteiger partial charge on any atom is -0.396 e. The number of anilines is 2. The molecule has 12 heteroatoms. The maximum atomic E-state index is 13.4. The summed E-state index contributed by atoms with van der Waals surface area (Å²) < 4.78 is 41.7. The highest BCUT2D eigenvalue weighted by Gasteiger charge is 2.34. The number of amides is 1. The fourth-order valence-electron chi connectivity index (χ4n) is 2.90. The van der Waals surface area contributed by atoms with Crippen LogP contribution in [-0.2, 0) is 12.7 Å². The first-order valence-electron chi connectivity index (χ1n) is 9.05. The maximum absolute atomic E-state index is 13.4. The van der Waals surface area contributed by atoms with Crippen molar-refractivity contribution in [3.63, 3.8) is 0 Å². The third-order valence-corrected chi connectivity index (χ3v) is 4.57. The van der Waals surface area contributed by atoms with Crippen molar-refractivity contribution in [2.75, 3.05) is 11.9 Å². The smallest absolute Gasteiger partial charge is 0.396 e. The molecule has 0 radical (unpaired) electrons. The molecule has 0 aliphatic heterocycles. The average molecular weight is 455 g/mol. The molecule has 0 aromatic carbocycles. The molecule has 3 rings (SSSR count). The summed E-state index contributed by atoms with van der Waals surface area (Å²) in [6.07, 6.45) is -0.371. The van der Waals surface area contributed by atoms with Gasteiger partial charge in [-0.1, -0.05) is 11.6 Å². The highest BCUT2D eigenvalue weighted by atomic mass is 35.5. The summed E-state index contributed by atoms with van der Waals surface area (Å²) in [5.74, 6) is -0.922. The summed E-state index contributed by atoms with van der Waals surface area (Å²) in [5.41, 5.74) is 5.19. The van der Waals surface area contributed by atoms with Crippen LogP contribution in [0.25, 0.3) is 11.3 Å². The van der Waals surface area contributed by atoms with E-state index < -0.39 is 17.6 Å². The van der Waals surface area contributed by atoms with Crippen LogP contribution in [0, 0.1) is 6.92 Å². The number of carbonyl (C=O) groups is 1. The van der Waals surface area contributed by atoms with Gasteiger partial charge >= 0.3 is 6.18 Å². The number of nitrogens with zero attached hydrogens (tertiary/aromatic N) is 4. The summed E-state index contributed by atoms with van der Waals surface area (Å²) in [5, 5.41) is 15.5. The van der Waals surface area contributed by atoms with E-state index in [1.54, 1.807) is 23.9 Å². The normalized spacial score (nSPS) is 11.5. The molecule has 0 saturated carbocycles. The lowest BCUT2D eigenvalue weighted by Gasteiger charge is -2.18. The average Bonchev–Trinajstić information content (AvgIpc) is 3.15. The van der Waals surface area contributed by atoms with Crippen LogP contribution in [0.3, 0.4) is 0 Å². The number of alkyl halides is 3. The third kappa shape index (κ3) is 5.12. The maximum Gasteiger partial charge on any atom is 0.419 e. The number of aliphatic hydroxyl groups is 1. The van der Waals surface area contributed by atoms with Crippen LogP contribution in [-0.4, -0.2) is 37.4 Å². The van der Waals surface area contributed by atoms with E-state index >= 15 is 0 Å². The van der Waals surface area contributed by atoms with Crippen molar-refractivity contribution in [3.8, 4) is 11.3 Å². The van der Waals surface area contributed by atoms with Gasteiger partial charge < -0.3 is 16.2 Å². The molecular weight excluding hydrogens is 437 g/mol. The lowest BCUT2D eigenvalue weighted by atomic mass is 10.1. The Balaban J connectivity index is 2.04. The largest absolute Gasteiger partial charge is 0.419 e. The van der Waals surface area contributed by atoms with Crippen molar-refractivity contribution in [2.24, 2.45) is 5.73 Å².